The van der Waals surface area contributed by atoms with E-state index < -0.39 is 0 Å². The molecule has 0 saturated carbocycles. The van der Waals surface area contributed by atoms with Gasteiger partial charge < -0.3 is 4.90 Å². The Hall–Kier alpha value is -0.700. The number of hydrogen-bond donors (Lipinski definition) is 0. The zero-order chi connectivity index (χ0) is 13.8. The minimum Gasteiger partial charge on any atom is -0.369 e. The molecule has 0 saturated heterocycles. The Balaban J connectivity index is 2.24. The zero-order valence-corrected chi connectivity index (χ0v) is 13.6. The first-order valence-electron chi connectivity index (χ1n) is 5.90. The summed E-state index contributed by atoms with van der Waals surface area (Å²) in [6, 6.07) is 14.1. The van der Waals surface area contributed by atoms with Gasteiger partial charge in [-0.1, -0.05) is 51.8 Å². The topological polar surface area (TPSA) is 3.24 Å². The second-order valence-corrected chi connectivity index (χ2v) is 5.95. The number of para-hydroxylation sites is 1. The summed E-state index contributed by atoms with van der Waals surface area (Å²) in [5.74, 6) is 0.459. The van der Waals surface area contributed by atoms with E-state index in [1.807, 2.05) is 37.4 Å². The molecule has 0 amide bonds. The van der Waals surface area contributed by atoms with Crippen LogP contribution in [-0.2, 0) is 12.4 Å². The van der Waals surface area contributed by atoms with E-state index in [1.54, 1.807) is 0 Å². The number of anilines is 1. The molecule has 2 aromatic rings. The molecule has 19 heavy (non-hydrogen) atoms. The fourth-order valence-corrected chi connectivity index (χ4v) is 2.86. The number of alkyl halides is 1. The summed E-state index contributed by atoms with van der Waals surface area (Å²) < 4.78 is 1.08. The highest BCUT2D eigenvalue weighted by atomic mass is 79.9. The Morgan fingerprint density at radius 2 is 1.79 bits per heavy atom. The fraction of sp³-hybridized carbons (Fsp3) is 0.200. The molecule has 1 nitrogen and oxygen atoms in total. The van der Waals surface area contributed by atoms with E-state index >= 15 is 0 Å². The van der Waals surface area contributed by atoms with Gasteiger partial charge in [0.1, 0.15) is 0 Å². The van der Waals surface area contributed by atoms with Crippen LogP contribution >= 0.6 is 39.1 Å². The van der Waals surface area contributed by atoms with Crippen molar-refractivity contribution in [1.82, 2.24) is 0 Å². The summed E-state index contributed by atoms with van der Waals surface area (Å²) in [5.41, 5.74) is 3.28. The summed E-state index contributed by atoms with van der Waals surface area (Å²) in [6.07, 6.45) is 0. The maximum Gasteiger partial charge on any atom is 0.0642 e. The van der Waals surface area contributed by atoms with Crippen molar-refractivity contribution < 1.29 is 0 Å². The third-order valence-electron chi connectivity index (χ3n) is 2.93. The maximum atomic E-state index is 6.29. The van der Waals surface area contributed by atoms with E-state index in [9.17, 15) is 0 Å². The minimum atomic E-state index is 0.459. The van der Waals surface area contributed by atoms with Gasteiger partial charge >= 0.3 is 0 Å². The molecule has 0 N–H and O–H groups in total. The quantitative estimate of drug-likeness (QED) is 0.654. The lowest BCUT2D eigenvalue weighted by atomic mass is 10.1. The average molecular weight is 359 g/mol. The van der Waals surface area contributed by atoms with Gasteiger partial charge in [-0.3, -0.25) is 0 Å². The number of halogens is 3. The van der Waals surface area contributed by atoms with Gasteiger partial charge in [-0.05, 0) is 29.3 Å². The molecule has 0 radical (unpaired) electrons. The van der Waals surface area contributed by atoms with Crippen LogP contribution in [0.15, 0.2) is 46.9 Å². The Labute approximate surface area is 132 Å². The Kier molecular flexibility index (Phi) is 5.14. The Bertz CT molecular complexity index is 555. The van der Waals surface area contributed by atoms with Crippen LogP contribution in [0.3, 0.4) is 0 Å². The van der Waals surface area contributed by atoms with Gasteiger partial charge in [0.05, 0.1) is 10.7 Å². The summed E-state index contributed by atoms with van der Waals surface area (Å²) in [7, 11) is 2.03. The molecule has 0 aliphatic carbocycles. The molecule has 0 heterocycles. The largest absolute Gasteiger partial charge is 0.369 e. The van der Waals surface area contributed by atoms with Gasteiger partial charge in [-0.25, -0.2) is 0 Å². The second kappa shape index (κ2) is 6.65. The van der Waals surface area contributed by atoms with Crippen molar-refractivity contribution in [2.75, 3.05) is 11.9 Å². The van der Waals surface area contributed by atoms with Gasteiger partial charge in [0.25, 0.3) is 0 Å². The highest BCUT2D eigenvalue weighted by Gasteiger charge is 2.11. The van der Waals surface area contributed by atoms with Crippen molar-refractivity contribution in [3.05, 3.63) is 63.1 Å². The normalized spacial score (nSPS) is 10.5. The van der Waals surface area contributed by atoms with Crippen LogP contribution in [0.4, 0.5) is 5.69 Å². The van der Waals surface area contributed by atoms with Crippen molar-refractivity contribution in [3.63, 3.8) is 0 Å². The predicted molar refractivity (Wildman–Crippen MR) is 87.3 cm³/mol. The summed E-state index contributed by atoms with van der Waals surface area (Å²) in [5, 5.41) is 0.734. The minimum absolute atomic E-state index is 0.459. The van der Waals surface area contributed by atoms with Crippen molar-refractivity contribution in [1.29, 1.82) is 0 Å². The smallest absolute Gasteiger partial charge is 0.0642 e. The van der Waals surface area contributed by atoms with Crippen LogP contribution in [-0.4, -0.2) is 7.05 Å². The van der Waals surface area contributed by atoms with Crippen molar-refractivity contribution in [2.24, 2.45) is 0 Å². The van der Waals surface area contributed by atoms with Gasteiger partial charge in [-0.15, -0.1) is 11.6 Å². The first-order chi connectivity index (χ1) is 9.11. The molecule has 2 rings (SSSR count). The number of nitrogens with zero attached hydrogens (tertiary/aromatic N) is 1. The maximum absolute atomic E-state index is 6.29. The van der Waals surface area contributed by atoms with Gasteiger partial charge in [0.2, 0.25) is 0 Å². The average Bonchev–Trinajstić information content (AvgIpc) is 2.40. The molecule has 0 aliphatic heterocycles. The van der Waals surface area contributed by atoms with Crippen molar-refractivity contribution >= 4 is 44.8 Å². The lowest BCUT2D eigenvalue weighted by Crippen LogP contribution is -2.18. The SMILES string of the molecule is CN(Cc1ccc(Br)cc1)c1c(Cl)cccc1CCl. The first kappa shape index (κ1) is 14.7. The van der Waals surface area contributed by atoms with Crippen LogP contribution in [0.2, 0.25) is 5.02 Å². The Morgan fingerprint density at radius 3 is 2.42 bits per heavy atom. The first-order valence-corrected chi connectivity index (χ1v) is 7.61. The molecule has 4 heteroatoms. The molecule has 0 spiro atoms. The molecule has 0 aromatic heterocycles. The van der Waals surface area contributed by atoms with Gasteiger partial charge in [0, 0.05) is 23.9 Å². The van der Waals surface area contributed by atoms with E-state index in [4.69, 9.17) is 23.2 Å². The van der Waals surface area contributed by atoms with Gasteiger partial charge in [-0.2, -0.15) is 0 Å². The van der Waals surface area contributed by atoms with Gasteiger partial charge in [0.15, 0.2) is 0 Å². The molecule has 0 bridgehead atoms. The van der Waals surface area contributed by atoms with Crippen molar-refractivity contribution in [2.45, 2.75) is 12.4 Å². The lowest BCUT2D eigenvalue weighted by molar-refractivity contribution is 0.916. The monoisotopic (exact) mass is 357 g/mol. The van der Waals surface area contributed by atoms with E-state index in [2.05, 4.69) is 33.0 Å². The molecule has 0 fully saturated rings. The summed E-state index contributed by atoms with van der Waals surface area (Å²) >= 11 is 15.7. The molecular weight excluding hydrogens is 345 g/mol. The fourth-order valence-electron chi connectivity index (χ4n) is 2.04. The third kappa shape index (κ3) is 3.65. The van der Waals surface area contributed by atoms with Crippen LogP contribution in [0, 0.1) is 0 Å². The van der Waals surface area contributed by atoms with Crippen molar-refractivity contribution in [3.8, 4) is 0 Å². The molecule has 0 atom stereocenters. The molecule has 0 aliphatic rings. The standard InChI is InChI=1S/C15H14BrCl2N/c1-19(10-11-5-7-13(16)8-6-11)15-12(9-17)3-2-4-14(15)18/h2-8H,9-10H2,1H3. The zero-order valence-electron chi connectivity index (χ0n) is 10.5. The Morgan fingerprint density at radius 1 is 1.11 bits per heavy atom. The van der Waals surface area contributed by atoms with E-state index in [-0.39, 0.29) is 0 Å². The van der Waals surface area contributed by atoms with Crippen LogP contribution in [0.5, 0.6) is 0 Å². The second-order valence-electron chi connectivity index (χ2n) is 4.36. The predicted octanol–water partition coefficient (Wildman–Crippen LogP) is 5.48. The third-order valence-corrected chi connectivity index (χ3v) is 4.05. The molecule has 100 valence electrons. The number of hydrogen-bond acceptors (Lipinski definition) is 1. The number of benzene rings is 2. The molecule has 2 aromatic carbocycles. The summed E-state index contributed by atoms with van der Waals surface area (Å²) in [4.78, 5) is 2.13. The van der Waals surface area contributed by atoms with E-state index in [1.165, 1.54) is 5.56 Å². The highest BCUT2D eigenvalue weighted by molar-refractivity contribution is 9.10. The van der Waals surface area contributed by atoms with E-state index in [0.29, 0.717) is 5.88 Å². The highest BCUT2D eigenvalue weighted by Crippen LogP contribution is 2.31. The van der Waals surface area contributed by atoms with E-state index in [0.717, 1.165) is 27.3 Å². The van der Waals surface area contributed by atoms with Crippen LogP contribution in [0.1, 0.15) is 11.1 Å². The molecular formula is C15H14BrCl2N. The van der Waals surface area contributed by atoms with Crippen LogP contribution < -0.4 is 4.90 Å². The number of rotatable bonds is 4. The van der Waals surface area contributed by atoms with Crippen LogP contribution in [0.25, 0.3) is 0 Å². The lowest BCUT2D eigenvalue weighted by Gasteiger charge is -2.23. The summed E-state index contributed by atoms with van der Waals surface area (Å²) in [6.45, 7) is 0.793. The molecule has 0 unspecified atom stereocenters.